The van der Waals surface area contributed by atoms with Crippen LogP contribution in [0.2, 0.25) is 0 Å². The molecule has 0 aliphatic heterocycles. The molecule has 0 bridgehead atoms. The molecule has 124 valence electrons. The largest absolute Gasteiger partial charge is 0.0622 e. The molecule has 0 nitrogen and oxygen atoms in total. The van der Waals surface area contributed by atoms with Crippen molar-refractivity contribution in [3.8, 4) is 33.4 Å². The van der Waals surface area contributed by atoms with Gasteiger partial charge >= 0.3 is 0 Å². The highest BCUT2D eigenvalue weighted by Crippen LogP contribution is 2.42. The summed E-state index contributed by atoms with van der Waals surface area (Å²) in [5, 5.41) is 0. The lowest BCUT2D eigenvalue weighted by Crippen LogP contribution is -1.88. The van der Waals surface area contributed by atoms with E-state index in [-0.39, 0.29) is 0 Å². The summed E-state index contributed by atoms with van der Waals surface area (Å²) in [6.45, 7) is 2.17. The van der Waals surface area contributed by atoms with E-state index in [0.29, 0.717) is 0 Å². The van der Waals surface area contributed by atoms with Crippen molar-refractivity contribution in [1.29, 1.82) is 0 Å². The fourth-order valence-corrected chi connectivity index (χ4v) is 4.06. The Morgan fingerprint density at radius 3 is 2.04 bits per heavy atom. The Morgan fingerprint density at radius 2 is 1.23 bits per heavy atom. The van der Waals surface area contributed by atoms with Crippen molar-refractivity contribution in [3.63, 3.8) is 0 Å². The van der Waals surface area contributed by atoms with Crippen LogP contribution >= 0.6 is 0 Å². The van der Waals surface area contributed by atoms with E-state index in [0.717, 1.165) is 6.42 Å². The number of fused-ring (bicyclic) bond motifs is 3. The van der Waals surface area contributed by atoms with Gasteiger partial charge in [0.2, 0.25) is 0 Å². The summed E-state index contributed by atoms with van der Waals surface area (Å²) in [5.74, 6) is 0. The molecule has 0 spiro atoms. The average Bonchev–Trinajstić information content (AvgIpc) is 3.07. The zero-order valence-corrected chi connectivity index (χ0v) is 14.9. The van der Waals surface area contributed by atoms with Gasteiger partial charge in [-0.25, -0.2) is 0 Å². The van der Waals surface area contributed by atoms with Crippen molar-refractivity contribution in [2.75, 3.05) is 0 Å². The summed E-state index contributed by atoms with van der Waals surface area (Å²) in [4.78, 5) is 0. The van der Waals surface area contributed by atoms with Crippen molar-refractivity contribution in [2.24, 2.45) is 0 Å². The van der Waals surface area contributed by atoms with Crippen molar-refractivity contribution in [2.45, 2.75) is 13.3 Å². The fraction of sp³-hybridized carbons (Fsp3) is 0.0769. The molecule has 0 heterocycles. The van der Waals surface area contributed by atoms with Crippen LogP contribution in [0.25, 0.3) is 33.4 Å². The minimum absolute atomic E-state index is 1.03. The standard InChI is InChI=1S/C26H20/c1-18-10-11-22-17-26-23(8-5-9-24(26)25(22)16-18)21-14-12-20(13-15-21)19-6-3-2-4-7-19/h2-16H,17H2,1H3. The van der Waals surface area contributed by atoms with Crippen LogP contribution in [0.5, 0.6) is 0 Å². The molecule has 0 N–H and O–H groups in total. The lowest BCUT2D eigenvalue weighted by molar-refractivity contribution is 1.26. The Balaban J connectivity index is 1.57. The first-order valence-corrected chi connectivity index (χ1v) is 9.17. The molecule has 0 amide bonds. The van der Waals surface area contributed by atoms with Crippen LogP contribution < -0.4 is 0 Å². The van der Waals surface area contributed by atoms with Crippen LogP contribution in [0.1, 0.15) is 16.7 Å². The molecule has 5 rings (SSSR count). The summed E-state index contributed by atoms with van der Waals surface area (Å²) in [7, 11) is 0. The highest BCUT2D eigenvalue weighted by atomic mass is 14.2. The van der Waals surface area contributed by atoms with E-state index < -0.39 is 0 Å². The molecule has 0 saturated carbocycles. The van der Waals surface area contributed by atoms with E-state index >= 15 is 0 Å². The second kappa shape index (κ2) is 6.00. The summed E-state index contributed by atoms with van der Waals surface area (Å²) in [6, 6.07) is 33.1. The number of rotatable bonds is 2. The number of benzene rings is 4. The smallest absolute Gasteiger partial charge is 0.000728 e. The van der Waals surface area contributed by atoms with E-state index in [1.165, 1.54) is 50.1 Å². The Labute approximate surface area is 154 Å². The third-order valence-electron chi connectivity index (χ3n) is 5.40. The van der Waals surface area contributed by atoms with Crippen LogP contribution in [0.15, 0.2) is 91.0 Å². The van der Waals surface area contributed by atoms with Gasteiger partial charge in [0.05, 0.1) is 0 Å². The van der Waals surface area contributed by atoms with Gasteiger partial charge in [-0.15, -0.1) is 0 Å². The molecule has 0 heteroatoms. The molecular weight excluding hydrogens is 312 g/mol. The molecule has 0 unspecified atom stereocenters. The highest BCUT2D eigenvalue weighted by Gasteiger charge is 2.21. The maximum atomic E-state index is 2.32. The minimum Gasteiger partial charge on any atom is -0.0622 e. The summed E-state index contributed by atoms with van der Waals surface area (Å²) in [5.41, 5.74) is 12.2. The van der Waals surface area contributed by atoms with Crippen LogP contribution in [-0.2, 0) is 6.42 Å². The molecule has 0 aromatic heterocycles. The second-order valence-electron chi connectivity index (χ2n) is 7.11. The SMILES string of the molecule is Cc1ccc2c(c1)-c1cccc(-c3ccc(-c4ccccc4)cc3)c1C2. The Bertz CT molecular complexity index is 1090. The van der Waals surface area contributed by atoms with Gasteiger partial charge in [-0.1, -0.05) is 96.6 Å². The van der Waals surface area contributed by atoms with Gasteiger partial charge < -0.3 is 0 Å². The predicted molar refractivity (Wildman–Crippen MR) is 110 cm³/mol. The van der Waals surface area contributed by atoms with Crippen molar-refractivity contribution in [1.82, 2.24) is 0 Å². The third kappa shape index (κ3) is 2.46. The van der Waals surface area contributed by atoms with Crippen molar-refractivity contribution >= 4 is 0 Å². The van der Waals surface area contributed by atoms with Gasteiger partial charge in [0.25, 0.3) is 0 Å². The first kappa shape index (κ1) is 15.2. The Kier molecular flexibility index (Phi) is 3.50. The van der Waals surface area contributed by atoms with E-state index in [1.54, 1.807) is 0 Å². The quantitative estimate of drug-likeness (QED) is 0.330. The second-order valence-corrected chi connectivity index (χ2v) is 7.11. The molecule has 0 saturated heterocycles. The predicted octanol–water partition coefficient (Wildman–Crippen LogP) is 6.90. The Hall–Kier alpha value is -3.12. The number of hydrogen-bond donors (Lipinski definition) is 0. The monoisotopic (exact) mass is 332 g/mol. The molecule has 4 aromatic rings. The normalized spacial score (nSPS) is 11.9. The highest BCUT2D eigenvalue weighted by molar-refractivity contribution is 5.85. The zero-order chi connectivity index (χ0) is 17.5. The van der Waals surface area contributed by atoms with Gasteiger partial charge in [-0.3, -0.25) is 0 Å². The molecular formula is C26H20. The van der Waals surface area contributed by atoms with E-state index in [2.05, 4.69) is 97.9 Å². The average molecular weight is 332 g/mol. The molecule has 26 heavy (non-hydrogen) atoms. The van der Waals surface area contributed by atoms with Gasteiger partial charge in [0.1, 0.15) is 0 Å². The maximum Gasteiger partial charge on any atom is -0.000728 e. The summed E-state index contributed by atoms with van der Waals surface area (Å²) < 4.78 is 0. The molecule has 0 fully saturated rings. The molecule has 0 atom stereocenters. The Morgan fingerprint density at radius 1 is 0.538 bits per heavy atom. The van der Waals surface area contributed by atoms with E-state index in [9.17, 15) is 0 Å². The first-order chi connectivity index (χ1) is 12.8. The van der Waals surface area contributed by atoms with E-state index in [4.69, 9.17) is 0 Å². The van der Waals surface area contributed by atoms with Crippen LogP contribution in [0.4, 0.5) is 0 Å². The first-order valence-electron chi connectivity index (χ1n) is 9.17. The van der Waals surface area contributed by atoms with Crippen LogP contribution in [0.3, 0.4) is 0 Å². The summed E-state index contributed by atoms with van der Waals surface area (Å²) in [6.07, 6.45) is 1.03. The van der Waals surface area contributed by atoms with Crippen molar-refractivity contribution in [3.05, 3.63) is 108 Å². The van der Waals surface area contributed by atoms with Crippen LogP contribution in [-0.4, -0.2) is 0 Å². The zero-order valence-electron chi connectivity index (χ0n) is 14.9. The number of aryl methyl sites for hydroxylation is 1. The minimum atomic E-state index is 1.03. The van der Waals surface area contributed by atoms with E-state index in [1.807, 2.05) is 0 Å². The molecule has 4 aromatic carbocycles. The fourth-order valence-electron chi connectivity index (χ4n) is 4.06. The van der Waals surface area contributed by atoms with Gasteiger partial charge in [0, 0.05) is 0 Å². The maximum absolute atomic E-state index is 2.32. The molecule has 1 aliphatic carbocycles. The topological polar surface area (TPSA) is 0 Å². The molecule has 1 aliphatic rings. The third-order valence-corrected chi connectivity index (χ3v) is 5.40. The van der Waals surface area contributed by atoms with Gasteiger partial charge in [-0.2, -0.15) is 0 Å². The van der Waals surface area contributed by atoms with Crippen LogP contribution in [0, 0.1) is 6.92 Å². The van der Waals surface area contributed by atoms with Gasteiger partial charge in [-0.05, 0) is 57.9 Å². The molecule has 0 radical (unpaired) electrons. The van der Waals surface area contributed by atoms with Gasteiger partial charge in [0.15, 0.2) is 0 Å². The lowest BCUT2D eigenvalue weighted by atomic mass is 9.94. The summed E-state index contributed by atoms with van der Waals surface area (Å²) >= 11 is 0. The van der Waals surface area contributed by atoms with Crippen molar-refractivity contribution < 1.29 is 0 Å². The lowest BCUT2D eigenvalue weighted by Gasteiger charge is -2.10. The number of hydrogen-bond acceptors (Lipinski definition) is 0.